The third-order valence-corrected chi connectivity index (χ3v) is 3.34. The van der Waals surface area contributed by atoms with Gasteiger partial charge in [0.2, 0.25) is 5.75 Å². The van der Waals surface area contributed by atoms with Gasteiger partial charge in [0.1, 0.15) is 6.33 Å². The smallest absolute Gasteiger partial charge is 0.204 e. The predicted octanol–water partition coefficient (Wildman–Crippen LogP) is 3.18. The molecule has 1 aromatic rings. The molecule has 0 saturated heterocycles. The fourth-order valence-electron chi connectivity index (χ4n) is 2.22. The van der Waals surface area contributed by atoms with Gasteiger partial charge in [-0.15, -0.1) is 0 Å². The first-order valence-corrected chi connectivity index (χ1v) is 7.36. The Labute approximate surface area is 122 Å². The average molecular weight is 280 g/mol. The second kappa shape index (κ2) is 7.92. The van der Waals surface area contributed by atoms with Crippen molar-refractivity contribution >= 4 is 11.6 Å². The zero-order chi connectivity index (χ0) is 15.1. The zero-order valence-corrected chi connectivity index (χ0v) is 13.6. The summed E-state index contributed by atoms with van der Waals surface area (Å²) in [5.41, 5.74) is 0. The summed E-state index contributed by atoms with van der Waals surface area (Å²) >= 11 is 0. The molecule has 0 amide bonds. The Morgan fingerprint density at radius 1 is 1.30 bits per heavy atom. The van der Waals surface area contributed by atoms with E-state index >= 15 is 0 Å². The maximum atomic E-state index is 5.52. The molecule has 0 aromatic carbocycles. The highest BCUT2D eigenvalue weighted by Gasteiger charge is 2.19. The molecule has 0 aliphatic heterocycles. The van der Waals surface area contributed by atoms with Crippen molar-refractivity contribution in [1.29, 1.82) is 0 Å². The van der Waals surface area contributed by atoms with E-state index in [4.69, 9.17) is 4.74 Å². The van der Waals surface area contributed by atoms with E-state index in [1.807, 2.05) is 0 Å². The molecule has 0 spiro atoms. The topological polar surface area (TPSA) is 50.3 Å². The predicted molar refractivity (Wildman–Crippen MR) is 84.7 cm³/mol. The van der Waals surface area contributed by atoms with Crippen molar-refractivity contribution in [2.45, 2.75) is 46.6 Å². The minimum Gasteiger partial charge on any atom is -0.490 e. The van der Waals surface area contributed by atoms with Gasteiger partial charge in [0.15, 0.2) is 11.6 Å². The van der Waals surface area contributed by atoms with Crippen molar-refractivity contribution in [3.63, 3.8) is 0 Å². The Balaban J connectivity index is 2.98. The van der Waals surface area contributed by atoms with E-state index in [-0.39, 0.29) is 0 Å². The average Bonchev–Trinajstić information content (AvgIpc) is 2.42. The van der Waals surface area contributed by atoms with Gasteiger partial charge in [-0.3, -0.25) is 0 Å². The maximum Gasteiger partial charge on any atom is 0.204 e. The summed E-state index contributed by atoms with van der Waals surface area (Å²) in [5, 5.41) is 3.29. The number of aromatic nitrogens is 2. The third kappa shape index (κ3) is 4.25. The molecule has 0 bridgehead atoms. The third-order valence-electron chi connectivity index (χ3n) is 3.34. The van der Waals surface area contributed by atoms with Crippen LogP contribution in [0.2, 0.25) is 0 Å². The number of rotatable bonds is 8. The summed E-state index contributed by atoms with van der Waals surface area (Å²) in [7, 11) is 3.72. The molecule has 0 fully saturated rings. The molecule has 5 heteroatoms. The van der Waals surface area contributed by atoms with Gasteiger partial charge in [-0.05, 0) is 25.7 Å². The number of nitrogens with one attached hydrogen (secondary N) is 1. The largest absolute Gasteiger partial charge is 0.490 e. The number of ether oxygens (including phenoxy) is 1. The van der Waals surface area contributed by atoms with E-state index in [9.17, 15) is 0 Å². The highest BCUT2D eigenvalue weighted by Crippen LogP contribution is 2.32. The monoisotopic (exact) mass is 280 g/mol. The summed E-state index contributed by atoms with van der Waals surface area (Å²) in [6, 6.07) is 0.401. The van der Waals surface area contributed by atoms with Crippen molar-refractivity contribution in [2.75, 3.05) is 30.9 Å². The molecule has 114 valence electrons. The van der Waals surface area contributed by atoms with Crippen molar-refractivity contribution < 1.29 is 4.74 Å². The molecule has 0 aliphatic carbocycles. The lowest BCUT2D eigenvalue weighted by atomic mass is 10.0. The summed E-state index contributed by atoms with van der Waals surface area (Å²) in [6.45, 7) is 9.67. The molecule has 5 nitrogen and oxygen atoms in total. The molecule has 1 atom stereocenters. The van der Waals surface area contributed by atoms with Crippen LogP contribution in [0, 0.1) is 5.92 Å². The first-order chi connectivity index (χ1) is 9.51. The summed E-state index contributed by atoms with van der Waals surface area (Å²) in [6.07, 6.45) is 3.75. The van der Waals surface area contributed by atoms with Crippen LogP contribution in [-0.4, -0.2) is 36.7 Å². The van der Waals surface area contributed by atoms with Gasteiger partial charge in [0, 0.05) is 19.6 Å². The molecule has 1 rings (SSSR count). The highest BCUT2D eigenvalue weighted by molar-refractivity contribution is 5.64. The molecule has 1 N–H and O–H groups in total. The number of hydrogen-bond donors (Lipinski definition) is 1. The van der Waals surface area contributed by atoms with Gasteiger partial charge in [0.25, 0.3) is 0 Å². The summed E-state index contributed by atoms with van der Waals surface area (Å²) in [5.74, 6) is 2.98. The first kappa shape index (κ1) is 16.5. The Hall–Kier alpha value is -1.52. The van der Waals surface area contributed by atoms with Gasteiger partial charge in [-0.2, -0.15) is 0 Å². The van der Waals surface area contributed by atoms with Crippen molar-refractivity contribution in [2.24, 2.45) is 5.92 Å². The fraction of sp³-hybridized carbons (Fsp3) is 0.733. The second-order valence-corrected chi connectivity index (χ2v) is 5.60. The Bertz CT molecular complexity index is 409. The van der Waals surface area contributed by atoms with Crippen LogP contribution in [0.3, 0.4) is 0 Å². The Morgan fingerprint density at radius 3 is 2.55 bits per heavy atom. The molecule has 0 aliphatic rings. The number of methoxy groups -OCH3 is 1. The van der Waals surface area contributed by atoms with E-state index in [1.54, 1.807) is 13.4 Å². The van der Waals surface area contributed by atoms with Gasteiger partial charge in [0.05, 0.1) is 7.11 Å². The molecule has 1 unspecified atom stereocenters. The SMILES string of the molecule is CCCNc1ncnc(N(C)C(C)CC(C)C)c1OC. The molecule has 20 heavy (non-hydrogen) atoms. The quantitative estimate of drug-likeness (QED) is 0.792. The summed E-state index contributed by atoms with van der Waals surface area (Å²) in [4.78, 5) is 10.8. The van der Waals surface area contributed by atoms with Crippen molar-refractivity contribution in [1.82, 2.24) is 9.97 Å². The van der Waals surface area contributed by atoms with Crippen LogP contribution in [0.1, 0.15) is 40.5 Å². The van der Waals surface area contributed by atoms with E-state index < -0.39 is 0 Å². The lowest BCUT2D eigenvalue weighted by molar-refractivity contribution is 0.409. The summed E-state index contributed by atoms with van der Waals surface area (Å²) < 4.78 is 5.52. The minimum absolute atomic E-state index is 0.401. The highest BCUT2D eigenvalue weighted by atomic mass is 16.5. The van der Waals surface area contributed by atoms with Crippen LogP contribution in [0.4, 0.5) is 11.6 Å². The van der Waals surface area contributed by atoms with E-state index in [0.29, 0.717) is 12.0 Å². The first-order valence-electron chi connectivity index (χ1n) is 7.36. The normalized spacial score (nSPS) is 12.3. The maximum absolute atomic E-state index is 5.52. The zero-order valence-electron chi connectivity index (χ0n) is 13.6. The second-order valence-electron chi connectivity index (χ2n) is 5.60. The standard InChI is InChI=1S/C15H28N4O/c1-7-8-16-14-13(20-6)15(18-10-17-14)19(5)12(4)9-11(2)3/h10-12H,7-9H2,1-6H3,(H,16,17,18). The lowest BCUT2D eigenvalue weighted by Gasteiger charge is -2.28. The van der Waals surface area contributed by atoms with E-state index in [1.165, 1.54) is 0 Å². The van der Waals surface area contributed by atoms with Crippen molar-refractivity contribution in [3.05, 3.63) is 6.33 Å². The molecule has 0 radical (unpaired) electrons. The van der Waals surface area contributed by atoms with E-state index in [2.05, 4.69) is 54.9 Å². The van der Waals surface area contributed by atoms with Gasteiger partial charge >= 0.3 is 0 Å². The van der Waals surface area contributed by atoms with Gasteiger partial charge in [-0.1, -0.05) is 20.8 Å². The van der Waals surface area contributed by atoms with Gasteiger partial charge in [-0.25, -0.2) is 9.97 Å². The Kier molecular flexibility index (Phi) is 6.55. The molecule has 1 heterocycles. The number of anilines is 2. The van der Waals surface area contributed by atoms with Crippen LogP contribution in [0.15, 0.2) is 6.33 Å². The lowest BCUT2D eigenvalue weighted by Crippen LogP contribution is -2.31. The number of hydrogen-bond acceptors (Lipinski definition) is 5. The molecular formula is C15H28N4O. The number of nitrogens with zero attached hydrogens (tertiary/aromatic N) is 3. The molecule has 1 aromatic heterocycles. The van der Waals surface area contributed by atoms with Crippen molar-refractivity contribution in [3.8, 4) is 5.75 Å². The van der Waals surface area contributed by atoms with Crippen LogP contribution < -0.4 is 15.0 Å². The van der Waals surface area contributed by atoms with Crippen LogP contribution in [0.5, 0.6) is 5.75 Å². The minimum atomic E-state index is 0.401. The molecular weight excluding hydrogens is 252 g/mol. The van der Waals surface area contributed by atoms with Gasteiger partial charge < -0.3 is 15.0 Å². The van der Waals surface area contributed by atoms with E-state index in [0.717, 1.165) is 36.8 Å². The molecule has 0 saturated carbocycles. The van der Waals surface area contributed by atoms with Crippen LogP contribution in [0.25, 0.3) is 0 Å². The Morgan fingerprint density at radius 2 is 2.00 bits per heavy atom. The van der Waals surface area contributed by atoms with Crippen LogP contribution >= 0.6 is 0 Å². The van der Waals surface area contributed by atoms with Crippen LogP contribution in [-0.2, 0) is 0 Å². The fourth-order valence-corrected chi connectivity index (χ4v) is 2.22.